The van der Waals surface area contributed by atoms with E-state index in [1.807, 2.05) is 13.8 Å². The number of hydrogen-bond donors (Lipinski definition) is 1. The number of esters is 2. The van der Waals surface area contributed by atoms with E-state index >= 15 is 0 Å². The molecule has 1 aliphatic carbocycles. The molecule has 1 fully saturated rings. The lowest BCUT2D eigenvalue weighted by Gasteiger charge is -2.10. The van der Waals surface area contributed by atoms with Crippen molar-refractivity contribution in [3.63, 3.8) is 0 Å². The molecular formula is C18H25NO5S. The topological polar surface area (TPSA) is 81.7 Å². The van der Waals surface area contributed by atoms with E-state index in [0.29, 0.717) is 10.6 Å². The van der Waals surface area contributed by atoms with Gasteiger partial charge < -0.3 is 14.8 Å². The van der Waals surface area contributed by atoms with Crippen LogP contribution in [0.5, 0.6) is 0 Å². The van der Waals surface area contributed by atoms with Crippen LogP contribution in [0, 0.1) is 5.92 Å². The highest BCUT2D eigenvalue weighted by Crippen LogP contribution is 2.33. The van der Waals surface area contributed by atoms with Crippen molar-refractivity contribution in [2.75, 3.05) is 18.5 Å². The monoisotopic (exact) mass is 367 g/mol. The lowest BCUT2D eigenvalue weighted by molar-refractivity contribution is -0.151. The third-order valence-electron chi connectivity index (χ3n) is 4.10. The lowest BCUT2D eigenvalue weighted by atomic mass is 10.1. The van der Waals surface area contributed by atoms with Crippen LogP contribution >= 0.6 is 11.3 Å². The zero-order valence-corrected chi connectivity index (χ0v) is 15.7. The summed E-state index contributed by atoms with van der Waals surface area (Å²) in [6, 6.07) is 1.74. The number of thiophene rings is 1. The van der Waals surface area contributed by atoms with Crippen LogP contribution in [0.3, 0.4) is 0 Å². The van der Waals surface area contributed by atoms with Gasteiger partial charge in [-0.3, -0.25) is 9.59 Å². The molecule has 25 heavy (non-hydrogen) atoms. The minimum Gasteiger partial charge on any atom is -0.462 e. The largest absolute Gasteiger partial charge is 0.462 e. The molecule has 1 aromatic rings. The Kier molecular flexibility index (Phi) is 6.99. The lowest BCUT2D eigenvalue weighted by Crippen LogP contribution is -2.24. The second kappa shape index (κ2) is 8.99. The summed E-state index contributed by atoms with van der Waals surface area (Å²) >= 11 is 1.34. The van der Waals surface area contributed by atoms with Crippen LogP contribution in [0.1, 0.15) is 67.6 Å². The summed E-state index contributed by atoms with van der Waals surface area (Å²) in [5, 5.41) is 3.11. The predicted molar refractivity (Wildman–Crippen MR) is 95.9 cm³/mol. The summed E-state index contributed by atoms with van der Waals surface area (Å²) in [4.78, 5) is 37.0. The first-order chi connectivity index (χ1) is 11.9. The summed E-state index contributed by atoms with van der Waals surface area (Å²) < 4.78 is 10.1. The Bertz CT molecular complexity index is 631. The molecule has 1 heterocycles. The zero-order chi connectivity index (χ0) is 18.4. The van der Waals surface area contributed by atoms with Gasteiger partial charge in [-0.2, -0.15) is 0 Å². The van der Waals surface area contributed by atoms with Gasteiger partial charge in [0.25, 0.3) is 5.91 Å². The highest BCUT2D eigenvalue weighted by Gasteiger charge is 2.25. The standard InChI is InChI=1S/C18H25NO5S/c1-4-23-18(22)13-9-14(11(2)3)25-16(13)19-15(20)10-24-17(21)12-7-5-6-8-12/h9,11-12H,4-8,10H2,1-3H3,(H,19,20). The van der Waals surface area contributed by atoms with Crippen molar-refractivity contribution in [2.45, 2.75) is 52.4 Å². The van der Waals surface area contributed by atoms with E-state index in [9.17, 15) is 14.4 Å². The molecule has 0 spiro atoms. The fraction of sp³-hybridized carbons (Fsp3) is 0.611. The van der Waals surface area contributed by atoms with Crippen molar-refractivity contribution >= 4 is 34.2 Å². The van der Waals surface area contributed by atoms with Gasteiger partial charge in [-0.15, -0.1) is 11.3 Å². The number of ether oxygens (including phenoxy) is 2. The Hall–Kier alpha value is -1.89. The van der Waals surface area contributed by atoms with Gasteiger partial charge in [-0.1, -0.05) is 26.7 Å². The first-order valence-electron chi connectivity index (χ1n) is 8.69. The fourth-order valence-electron chi connectivity index (χ4n) is 2.73. The molecule has 138 valence electrons. The highest BCUT2D eigenvalue weighted by molar-refractivity contribution is 7.16. The Morgan fingerprint density at radius 2 is 1.92 bits per heavy atom. The van der Waals surface area contributed by atoms with Crippen molar-refractivity contribution < 1.29 is 23.9 Å². The summed E-state index contributed by atoms with van der Waals surface area (Å²) in [7, 11) is 0. The molecule has 1 aliphatic rings. The number of nitrogens with one attached hydrogen (secondary N) is 1. The number of hydrogen-bond acceptors (Lipinski definition) is 6. The van der Waals surface area contributed by atoms with Gasteiger partial charge in [0.2, 0.25) is 0 Å². The Morgan fingerprint density at radius 3 is 2.52 bits per heavy atom. The van der Waals surface area contributed by atoms with Crippen molar-refractivity contribution in [1.29, 1.82) is 0 Å². The second-order valence-corrected chi connectivity index (χ2v) is 7.49. The number of amides is 1. The van der Waals surface area contributed by atoms with Crippen molar-refractivity contribution in [1.82, 2.24) is 0 Å². The van der Waals surface area contributed by atoms with E-state index in [2.05, 4.69) is 5.32 Å². The maximum atomic E-state index is 12.1. The van der Waals surface area contributed by atoms with Gasteiger partial charge >= 0.3 is 11.9 Å². The van der Waals surface area contributed by atoms with E-state index < -0.39 is 11.9 Å². The molecule has 0 bridgehead atoms. The van der Waals surface area contributed by atoms with Crippen LogP contribution in [0.2, 0.25) is 0 Å². The fourth-order valence-corrected chi connectivity index (χ4v) is 3.79. The van der Waals surface area contributed by atoms with Gasteiger partial charge in [0.1, 0.15) is 5.00 Å². The molecule has 1 aromatic heterocycles. The first kappa shape index (κ1) is 19.4. The smallest absolute Gasteiger partial charge is 0.341 e. The van der Waals surface area contributed by atoms with E-state index in [-0.39, 0.29) is 31.0 Å². The average molecular weight is 367 g/mol. The maximum Gasteiger partial charge on any atom is 0.341 e. The summed E-state index contributed by atoms with van der Waals surface area (Å²) in [5.41, 5.74) is 0.339. The van der Waals surface area contributed by atoms with Gasteiger partial charge in [0.05, 0.1) is 18.1 Å². The molecule has 7 heteroatoms. The minimum atomic E-state index is -0.469. The van der Waals surface area contributed by atoms with Crippen LogP contribution in [0.25, 0.3) is 0 Å². The van der Waals surface area contributed by atoms with Crippen molar-refractivity contribution in [2.24, 2.45) is 5.92 Å². The van der Waals surface area contributed by atoms with E-state index in [0.717, 1.165) is 30.6 Å². The summed E-state index contributed by atoms with van der Waals surface area (Å²) in [6.45, 7) is 5.67. The normalized spacial score (nSPS) is 14.6. The SMILES string of the molecule is CCOC(=O)c1cc(C(C)C)sc1NC(=O)COC(=O)C1CCCC1. The number of carbonyl (C=O) groups is 3. The molecule has 0 radical (unpaired) electrons. The third-order valence-corrected chi connectivity index (χ3v) is 5.45. The molecule has 1 amide bonds. The van der Waals surface area contributed by atoms with Crippen LogP contribution < -0.4 is 5.32 Å². The number of carbonyl (C=O) groups excluding carboxylic acids is 3. The predicted octanol–water partition coefficient (Wildman–Crippen LogP) is 3.72. The minimum absolute atomic E-state index is 0.0859. The molecule has 0 aromatic carbocycles. The van der Waals surface area contributed by atoms with Gasteiger partial charge in [-0.05, 0) is 31.7 Å². The Labute approximate surface area is 151 Å². The summed E-state index contributed by atoms with van der Waals surface area (Å²) in [6.07, 6.45) is 3.72. The van der Waals surface area contributed by atoms with Crippen LogP contribution in [0.15, 0.2) is 6.07 Å². The summed E-state index contributed by atoms with van der Waals surface area (Å²) in [5.74, 6) is -1.09. The second-order valence-electron chi connectivity index (χ2n) is 6.40. The Balaban J connectivity index is 1.98. The molecule has 0 aliphatic heterocycles. The molecule has 1 N–H and O–H groups in total. The molecule has 0 unspecified atom stereocenters. The van der Waals surface area contributed by atoms with E-state index in [4.69, 9.17) is 9.47 Å². The van der Waals surface area contributed by atoms with E-state index in [1.54, 1.807) is 13.0 Å². The Morgan fingerprint density at radius 1 is 1.24 bits per heavy atom. The molecule has 1 saturated carbocycles. The maximum absolute atomic E-state index is 12.1. The van der Waals surface area contributed by atoms with Gasteiger partial charge in [0.15, 0.2) is 6.61 Å². The molecule has 6 nitrogen and oxygen atoms in total. The molecule has 0 saturated heterocycles. The van der Waals surface area contributed by atoms with Gasteiger partial charge in [-0.25, -0.2) is 4.79 Å². The van der Waals surface area contributed by atoms with Crippen LogP contribution in [-0.4, -0.2) is 31.1 Å². The van der Waals surface area contributed by atoms with Crippen molar-refractivity contribution in [3.8, 4) is 0 Å². The average Bonchev–Trinajstić information content (AvgIpc) is 3.22. The molecule has 2 rings (SSSR count). The van der Waals surface area contributed by atoms with E-state index in [1.165, 1.54) is 11.3 Å². The highest BCUT2D eigenvalue weighted by atomic mass is 32.1. The molecule has 0 atom stereocenters. The molecular weight excluding hydrogens is 342 g/mol. The van der Waals surface area contributed by atoms with Crippen LogP contribution in [-0.2, 0) is 19.1 Å². The number of anilines is 1. The quantitative estimate of drug-likeness (QED) is 0.743. The zero-order valence-electron chi connectivity index (χ0n) is 14.9. The third kappa shape index (κ3) is 5.29. The number of rotatable bonds is 7. The van der Waals surface area contributed by atoms with Crippen LogP contribution in [0.4, 0.5) is 5.00 Å². The van der Waals surface area contributed by atoms with Crippen molar-refractivity contribution in [3.05, 3.63) is 16.5 Å². The first-order valence-corrected chi connectivity index (χ1v) is 9.51. The van der Waals surface area contributed by atoms with Gasteiger partial charge in [0, 0.05) is 4.88 Å².